The molecule has 0 aliphatic carbocycles. The number of nitrogens with zero attached hydrogens (tertiary/aromatic N) is 7. The van der Waals surface area contributed by atoms with Gasteiger partial charge >= 0.3 is 0 Å². The van der Waals surface area contributed by atoms with E-state index in [0.717, 1.165) is 69.6 Å². The summed E-state index contributed by atoms with van der Waals surface area (Å²) in [6.07, 6.45) is 2.09. The van der Waals surface area contributed by atoms with E-state index in [1.807, 2.05) is 50.2 Å². The van der Waals surface area contributed by atoms with E-state index in [1.165, 1.54) is 0 Å². The van der Waals surface area contributed by atoms with Crippen LogP contribution in [-0.2, 0) is 0 Å². The predicted octanol–water partition coefficient (Wildman–Crippen LogP) is 4.09. The van der Waals surface area contributed by atoms with Crippen LogP contribution in [0.25, 0.3) is 17.4 Å². The number of rotatable bonds is 9. The van der Waals surface area contributed by atoms with Crippen LogP contribution in [0.15, 0.2) is 60.7 Å². The van der Waals surface area contributed by atoms with E-state index >= 15 is 0 Å². The molecule has 0 amide bonds. The summed E-state index contributed by atoms with van der Waals surface area (Å²) < 4.78 is 3.40. The van der Waals surface area contributed by atoms with Crippen molar-refractivity contribution in [2.45, 2.75) is 39.5 Å². The Bertz CT molecular complexity index is 1760. The van der Waals surface area contributed by atoms with Crippen LogP contribution in [0, 0.1) is 13.8 Å². The third kappa shape index (κ3) is 4.93. The summed E-state index contributed by atoms with van der Waals surface area (Å²) >= 11 is 0. The van der Waals surface area contributed by atoms with E-state index in [0.29, 0.717) is 0 Å². The molecular formula is C29H32N10. The number of hydrogen-bond acceptors (Lipinski definition) is 7. The highest BCUT2D eigenvalue weighted by atomic mass is 15.5. The van der Waals surface area contributed by atoms with Crippen LogP contribution in [0.3, 0.4) is 0 Å². The Kier molecular flexibility index (Phi) is 6.44. The van der Waals surface area contributed by atoms with Crippen molar-refractivity contribution in [2.24, 2.45) is 0 Å². The normalized spacial score (nSPS) is 13.8. The molecule has 0 saturated carbocycles. The average Bonchev–Trinajstić information content (AvgIpc) is 3.69. The lowest BCUT2D eigenvalue weighted by Gasteiger charge is -2.10. The fourth-order valence-electron chi connectivity index (χ4n) is 4.62. The van der Waals surface area contributed by atoms with Crippen molar-refractivity contribution in [3.8, 4) is 0 Å². The molecule has 2 unspecified atom stereocenters. The van der Waals surface area contributed by atoms with Crippen LogP contribution in [0.1, 0.15) is 54.3 Å². The van der Waals surface area contributed by atoms with Crippen molar-refractivity contribution in [2.75, 3.05) is 23.7 Å². The van der Waals surface area contributed by atoms with Crippen molar-refractivity contribution in [3.05, 3.63) is 94.5 Å². The first-order chi connectivity index (χ1) is 19.0. The SMILES string of the molecule is Cc1[nH]n2nc(C(C)CNc3ccccc3)nc2c1/C=c1/c(C)nn2nc(C(C)CNc3ccccc3)nc12. The lowest BCUT2D eigenvalue weighted by atomic mass is 10.1. The van der Waals surface area contributed by atoms with Crippen LogP contribution in [-0.4, -0.2) is 52.7 Å². The first-order valence-corrected chi connectivity index (χ1v) is 13.2. The molecule has 198 valence electrons. The molecular weight excluding hydrogens is 488 g/mol. The summed E-state index contributed by atoms with van der Waals surface area (Å²) in [6, 6.07) is 20.3. The van der Waals surface area contributed by atoms with Gasteiger partial charge in [0, 0.05) is 52.8 Å². The van der Waals surface area contributed by atoms with Crippen LogP contribution >= 0.6 is 0 Å². The van der Waals surface area contributed by atoms with Gasteiger partial charge in [-0.2, -0.15) is 9.73 Å². The zero-order valence-electron chi connectivity index (χ0n) is 22.6. The number of H-pyrrole nitrogens is 1. The molecule has 0 radical (unpaired) electrons. The maximum Gasteiger partial charge on any atom is 0.185 e. The number of benzene rings is 2. The minimum atomic E-state index is 0.116. The number of para-hydroxylation sites is 2. The van der Waals surface area contributed by atoms with Crippen LogP contribution in [0.5, 0.6) is 0 Å². The third-order valence-corrected chi connectivity index (χ3v) is 6.97. The second kappa shape index (κ2) is 10.2. The van der Waals surface area contributed by atoms with E-state index in [-0.39, 0.29) is 11.8 Å². The topological polar surface area (TPSA) is 113 Å². The van der Waals surface area contributed by atoms with Gasteiger partial charge in [-0.1, -0.05) is 50.2 Å². The van der Waals surface area contributed by atoms with Crippen molar-refractivity contribution >= 4 is 28.7 Å². The molecule has 4 aromatic heterocycles. The third-order valence-electron chi connectivity index (χ3n) is 6.97. The van der Waals surface area contributed by atoms with E-state index in [2.05, 4.69) is 70.1 Å². The monoisotopic (exact) mass is 520 g/mol. The molecule has 6 rings (SSSR count). The molecule has 2 aromatic carbocycles. The second-order valence-corrected chi connectivity index (χ2v) is 10.1. The highest BCUT2D eigenvalue weighted by Gasteiger charge is 2.19. The van der Waals surface area contributed by atoms with Crippen molar-refractivity contribution < 1.29 is 0 Å². The van der Waals surface area contributed by atoms with E-state index in [1.54, 1.807) is 9.26 Å². The van der Waals surface area contributed by atoms with Gasteiger partial charge in [0.05, 0.1) is 5.69 Å². The standard InChI is InChI=1S/C29H32N10/c1-18(16-30-22-11-7-5-8-12-22)26-32-28-24(20(3)34-38(28)36-26)15-25-21(4)35-39-29(25)33-27(37-39)19(2)17-31-23-13-9-6-10-14-23/h5-15,18-19,30-31,34H,16-17H2,1-4H3/b25-15-. The molecule has 0 spiro atoms. The Morgan fingerprint density at radius 3 is 1.95 bits per heavy atom. The molecule has 6 aromatic rings. The van der Waals surface area contributed by atoms with E-state index in [9.17, 15) is 0 Å². The largest absolute Gasteiger partial charge is 0.384 e. The lowest BCUT2D eigenvalue weighted by molar-refractivity contribution is 0.702. The molecule has 10 heteroatoms. The average molecular weight is 521 g/mol. The maximum absolute atomic E-state index is 4.90. The smallest absolute Gasteiger partial charge is 0.185 e. The van der Waals surface area contributed by atoms with Gasteiger partial charge in [-0.3, -0.25) is 5.10 Å². The number of hydrogen-bond donors (Lipinski definition) is 3. The fraction of sp³-hybridized carbons (Fsp3) is 0.276. The summed E-state index contributed by atoms with van der Waals surface area (Å²) in [5, 5.41) is 25.2. The predicted molar refractivity (Wildman–Crippen MR) is 153 cm³/mol. The zero-order chi connectivity index (χ0) is 26.9. The van der Waals surface area contributed by atoms with E-state index in [4.69, 9.17) is 15.1 Å². The van der Waals surface area contributed by atoms with Gasteiger partial charge in [0.2, 0.25) is 0 Å². The Morgan fingerprint density at radius 2 is 1.33 bits per heavy atom. The summed E-state index contributed by atoms with van der Waals surface area (Å²) in [5.41, 5.74) is 6.51. The lowest BCUT2D eigenvalue weighted by Crippen LogP contribution is -2.12. The summed E-state index contributed by atoms with van der Waals surface area (Å²) in [7, 11) is 0. The second-order valence-electron chi connectivity index (χ2n) is 10.1. The van der Waals surface area contributed by atoms with Crippen LogP contribution < -0.4 is 15.9 Å². The highest BCUT2D eigenvalue weighted by molar-refractivity contribution is 5.70. The molecule has 0 fully saturated rings. The fourth-order valence-corrected chi connectivity index (χ4v) is 4.62. The Labute approximate surface area is 226 Å². The molecule has 0 saturated heterocycles. The Balaban J connectivity index is 1.26. The molecule has 0 aliphatic heterocycles. The number of anilines is 2. The van der Waals surface area contributed by atoms with Crippen molar-refractivity contribution in [1.29, 1.82) is 0 Å². The molecule has 2 atom stereocenters. The summed E-state index contributed by atoms with van der Waals surface area (Å²) in [6.45, 7) is 9.72. The number of aromatic nitrogens is 8. The maximum atomic E-state index is 4.90. The van der Waals surface area contributed by atoms with Gasteiger partial charge in [-0.25, -0.2) is 9.97 Å². The van der Waals surface area contributed by atoms with Gasteiger partial charge in [-0.15, -0.1) is 14.8 Å². The van der Waals surface area contributed by atoms with Crippen LogP contribution in [0.4, 0.5) is 11.4 Å². The minimum absolute atomic E-state index is 0.116. The van der Waals surface area contributed by atoms with E-state index < -0.39 is 0 Å². The minimum Gasteiger partial charge on any atom is -0.384 e. The van der Waals surface area contributed by atoms with Gasteiger partial charge in [0.1, 0.15) is 0 Å². The molecule has 10 nitrogen and oxygen atoms in total. The first kappa shape index (κ1) is 24.6. The van der Waals surface area contributed by atoms with Crippen molar-refractivity contribution in [1.82, 2.24) is 39.6 Å². The number of fused-ring (bicyclic) bond motifs is 2. The Hall–Kier alpha value is -4.73. The molecule has 0 bridgehead atoms. The van der Waals surface area contributed by atoms with Crippen molar-refractivity contribution in [3.63, 3.8) is 0 Å². The van der Waals surface area contributed by atoms with Gasteiger partial charge < -0.3 is 10.6 Å². The van der Waals surface area contributed by atoms with Gasteiger partial charge in [-0.05, 0) is 44.2 Å². The Morgan fingerprint density at radius 1 is 0.769 bits per heavy atom. The van der Waals surface area contributed by atoms with Gasteiger partial charge in [0.25, 0.3) is 0 Å². The van der Waals surface area contributed by atoms with Crippen LogP contribution in [0.2, 0.25) is 0 Å². The molecule has 0 aliphatic rings. The number of aromatic amines is 1. The first-order valence-electron chi connectivity index (χ1n) is 13.2. The molecule has 39 heavy (non-hydrogen) atoms. The molecule has 3 N–H and O–H groups in total. The summed E-state index contributed by atoms with van der Waals surface area (Å²) in [4.78, 5) is 9.78. The molecule has 4 heterocycles. The zero-order valence-corrected chi connectivity index (χ0v) is 22.6. The summed E-state index contributed by atoms with van der Waals surface area (Å²) in [5.74, 6) is 1.79. The number of aryl methyl sites for hydroxylation is 2. The number of nitrogens with one attached hydrogen (secondary N) is 3. The van der Waals surface area contributed by atoms with Gasteiger partial charge in [0.15, 0.2) is 22.9 Å². The quantitative estimate of drug-likeness (QED) is 0.263. The highest BCUT2D eigenvalue weighted by Crippen LogP contribution is 2.20.